The number of carbonyl (C=O) groups excluding carboxylic acids is 3. The van der Waals surface area contributed by atoms with Crippen molar-refractivity contribution in [1.82, 2.24) is 4.90 Å². The van der Waals surface area contributed by atoms with Gasteiger partial charge in [0.25, 0.3) is 0 Å². The second-order valence-electron chi connectivity index (χ2n) is 5.77. The first-order valence-corrected chi connectivity index (χ1v) is 7.45. The fourth-order valence-corrected chi connectivity index (χ4v) is 2.85. The van der Waals surface area contributed by atoms with Gasteiger partial charge < -0.3 is 9.64 Å². The summed E-state index contributed by atoms with van der Waals surface area (Å²) in [4.78, 5) is 38.5. The molecule has 0 aromatic heterocycles. The number of ketones is 1. The standard InChI is InChI=1S/C17H21NO4/c1-4-22-14(19)10-17(3)15(20)12(2)18(16(17)21)11-13-8-6-5-7-9-13/h5-9,12H,4,10-11H2,1-3H3/t12-,17?/m1/s1. The summed E-state index contributed by atoms with van der Waals surface area (Å²) in [6.07, 6.45) is -0.200. The summed E-state index contributed by atoms with van der Waals surface area (Å²) >= 11 is 0. The van der Waals surface area contributed by atoms with Crippen molar-refractivity contribution in [1.29, 1.82) is 0 Å². The monoisotopic (exact) mass is 303 g/mol. The smallest absolute Gasteiger partial charge is 0.307 e. The van der Waals surface area contributed by atoms with Crippen LogP contribution in [0.3, 0.4) is 0 Å². The van der Waals surface area contributed by atoms with E-state index in [2.05, 4.69) is 0 Å². The van der Waals surface area contributed by atoms with Crippen molar-refractivity contribution in [3.8, 4) is 0 Å². The molecule has 1 aromatic rings. The van der Waals surface area contributed by atoms with Gasteiger partial charge in [-0.05, 0) is 26.3 Å². The average molecular weight is 303 g/mol. The number of Topliss-reactive ketones (excluding diaryl/α,β-unsaturated/α-hetero) is 1. The highest BCUT2D eigenvalue weighted by atomic mass is 16.5. The molecule has 0 N–H and O–H groups in total. The lowest BCUT2D eigenvalue weighted by atomic mass is 9.82. The van der Waals surface area contributed by atoms with Gasteiger partial charge in [-0.15, -0.1) is 0 Å². The Labute approximate surface area is 130 Å². The number of rotatable bonds is 5. The Morgan fingerprint density at radius 3 is 2.50 bits per heavy atom. The van der Waals surface area contributed by atoms with Crippen LogP contribution in [0.15, 0.2) is 30.3 Å². The van der Waals surface area contributed by atoms with Crippen molar-refractivity contribution >= 4 is 17.7 Å². The van der Waals surface area contributed by atoms with Crippen LogP contribution in [0.2, 0.25) is 0 Å². The van der Waals surface area contributed by atoms with Gasteiger partial charge in [-0.2, -0.15) is 0 Å². The summed E-state index contributed by atoms with van der Waals surface area (Å²) in [7, 11) is 0. The summed E-state index contributed by atoms with van der Waals surface area (Å²) in [6.45, 7) is 5.55. The molecule has 1 amide bonds. The fourth-order valence-electron chi connectivity index (χ4n) is 2.85. The van der Waals surface area contributed by atoms with Crippen molar-refractivity contribution in [3.63, 3.8) is 0 Å². The molecule has 5 nitrogen and oxygen atoms in total. The maximum absolute atomic E-state index is 12.7. The van der Waals surface area contributed by atoms with Gasteiger partial charge in [0, 0.05) is 6.54 Å². The number of benzene rings is 1. The average Bonchev–Trinajstić information content (AvgIpc) is 2.64. The van der Waals surface area contributed by atoms with Crippen LogP contribution in [0.4, 0.5) is 0 Å². The summed E-state index contributed by atoms with van der Waals surface area (Å²) in [5.74, 6) is -1.04. The molecule has 1 heterocycles. The molecule has 2 rings (SSSR count). The molecule has 5 heteroatoms. The van der Waals surface area contributed by atoms with E-state index in [1.807, 2.05) is 30.3 Å². The van der Waals surface area contributed by atoms with Crippen LogP contribution in [0, 0.1) is 5.41 Å². The zero-order chi connectivity index (χ0) is 16.3. The van der Waals surface area contributed by atoms with Crippen LogP contribution >= 0.6 is 0 Å². The van der Waals surface area contributed by atoms with E-state index in [9.17, 15) is 14.4 Å². The summed E-state index contributed by atoms with van der Waals surface area (Å²) < 4.78 is 4.89. The zero-order valence-electron chi connectivity index (χ0n) is 13.2. The normalized spacial score (nSPS) is 24.7. The fraction of sp³-hybridized carbons (Fsp3) is 0.471. The Morgan fingerprint density at radius 2 is 1.91 bits per heavy atom. The number of esters is 1. The quantitative estimate of drug-likeness (QED) is 0.616. The van der Waals surface area contributed by atoms with Gasteiger partial charge in [-0.25, -0.2) is 0 Å². The number of nitrogens with zero attached hydrogens (tertiary/aromatic N) is 1. The lowest BCUT2D eigenvalue weighted by Gasteiger charge is -2.22. The van der Waals surface area contributed by atoms with E-state index in [0.717, 1.165) is 5.56 Å². The van der Waals surface area contributed by atoms with Crippen LogP contribution in [0.25, 0.3) is 0 Å². The molecule has 22 heavy (non-hydrogen) atoms. The number of amides is 1. The van der Waals surface area contributed by atoms with Gasteiger partial charge in [0.05, 0.1) is 19.1 Å². The molecule has 1 aromatic carbocycles. The van der Waals surface area contributed by atoms with Gasteiger partial charge in [0.1, 0.15) is 5.41 Å². The highest BCUT2D eigenvalue weighted by Gasteiger charge is 2.55. The van der Waals surface area contributed by atoms with Gasteiger partial charge in [-0.1, -0.05) is 30.3 Å². The Kier molecular flexibility index (Phi) is 4.64. The minimum atomic E-state index is -1.32. The number of hydrogen-bond acceptors (Lipinski definition) is 4. The van der Waals surface area contributed by atoms with Crippen LogP contribution in [0.5, 0.6) is 0 Å². The van der Waals surface area contributed by atoms with E-state index in [1.165, 1.54) is 11.8 Å². The second-order valence-corrected chi connectivity index (χ2v) is 5.77. The Bertz CT molecular complexity index is 584. The molecule has 0 radical (unpaired) electrons. The van der Waals surface area contributed by atoms with Crippen molar-refractivity contribution < 1.29 is 19.1 Å². The molecule has 0 spiro atoms. The molecule has 118 valence electrons. The number of carbonyl (C=O) groups is 3. The zero-order valence-corrected chi connectivity index (χ0v) is 13.2. The van der Waals surface area contributed by atoms with Crippen molar-refractivity contribution in [3.05, 3.63) is 35.9 Å². The molecule has 1 unspecified atom stereocenters. The maximum Gasteiger partial charge on any atom is 0.307 e. The van der Waals surface area contributed by atoms with E-state index < -0.39 is 17.4 Å². The van der Waals surface area contributed by atoms with E-state index in [1.54, 1.807) is 13.8 Å². The number of ether oxygens (including phenoxy) is 1. The van der Waals surface area contributed by atoms with Gasteiger partial charge >= 0.3 is 5.97 Å². The minimum Gasteiger partial charge on any atom is -0.466 e. The Balaban J connectivity index is 2.20. The molecule has 1 aliphatic rings. The van der Waals surface area contributed by atoms with Crippen molar-refractivity contribution in [2.24, 2.45) is 5.41 Å². The predicted molar refractivity (Wildman–Crippen MR) is 80.8 cm³/mol. The summed E-state index contributed by atoms with van der Waals surface area (Å²) in [5, 5.41) is 0. The molecular formula is C17H21NO4. The van der Waals surface area contributed by atoms with Gasteiger partial charge in [0.2, 0.25) is 5.91 Å². The lowest BCUT2D eigenvalue weighted by molar-refractivity contribution is -0.152. The highest BCUT2D eigenvalue weighted by Crippen LogP contribution is 2.36. The first-order valence-electron chi connectivity index (χ1n) is 7.45. The molecule has 2 atom stereocenters. The maximum atomic E-state index is 12.7. The second kappa shape index (κ2) is 6.30. The minimum absolute atomic E-state index is 0.200. The van der Waals surface area contributed by atoms with E-state index >= 15 is 0 Å². The SMILES string of the molecule is CCOC(=O)CC1(C)C(=O)[C@@H](C)N(Cc2ccccc2)C1=O. The third-order valence-electron chi connectivity index (χ3n) is 4.12. The number of hydrogen-bond donors (Lipinski definition) is 0. The van der Waals surface area contributed by atoms with E-state index in [-0.39, 0.29) is 24.7 Å². The summed E-state index contributed by atoms with van der Waals surface area (Å²) in [5.41, 5.74) is -0.364. The molecule has 0 saturated carbocycles. The number of likely N-dealkylation sites (tertiary alicyclic amines) is 1. The van der Waals surface area contributed by atoms with Crippen LogP contribution in [-0.2, 0) is 25.7 Å². The third kappa shape index (κ3) is 2.89. The van der Waals surface area contributed by atoms with Gasteiger partial charge in [-0.3, -0.25) is 14.4 Å². The Hall–Kier alpha value is -2.17. The summed E-state index contributed by atoms with van der Waals surface area (Å²) in [6, 6.07) is 8.96. The molecule has 1 saturated heterocycles. The van der Waals surface area contributed by atoms with Crippen molar-refractivity contribution in [2.75, 3.05) is 6.61 Å². The van der Waals surface area contributed by atoms with Crippen LogP contribution < -0.4 is 0 Å². The molecule has 1 aliphatic heterocycles. The topological polar surface area (TPSA) is 63.7 Å². The van der Waals surface area contributed by atoms with Crippen molar-refractivity contribution in [2.45, 2.75) is 39.8 Å². The largest absolute Gasteiger partial charge is 0.466 e. The molecular weight excluding hydrogens is 282 g/mol. The Morgan fingerprint density at radius 1 is 1.27 bits per heavy atom. The van der Waals surface area contributed by atoms with E-state index in [4.69, 9.17) is 4.74 Å². The third-order valence-corrected chi connectivity index (χ3v) is 4.12. The first-order chi connectivity index (χ1) is 10.4. The molecule has 1 fully saturated rings. The predicted octanol–water partition coefficient (Wildman–Crippen LogP) is 1.95. The van der Waals surface area contributed by atoms with E-state index in [0.29, 0.717) is 6.54 Å². The highest BCUT2D eigenvalue weighted by molar-refractivity contribution is 6.15. The molecule has 0 bridgehead atoms. The van der Waals surface area contributed by atoms with Crippen LogP contribution in [0.1, 0.15) is 32.8 Å². The first kappa shape index (κ1) is 16.2. The molecule has 0 aliphatic carbocycles. The van der Waals surface area contributed by atoms with Gasteiger partial charge in [0.15, 0.2) is 5.78 Å². The van der Waals surface area contributed by atoms with Crippen LogP contribution in [-0.4, -0.2) is 35.2 Å². The lowest BCUT2D eigenvalue weighted by Crippen LogP contribution is -2.36.